The van der Waals surface area contributed by atoms with E-state index in [0.717, 1.165) is 27.2 Å². The second kappa shape index (κ2) is 7.33. The molecule has 0 aliphatic heterocycles. The van der Waals surface area contributed by atoms with Gasteiger partial charge in [-0.2, -0.15) is 0 Å². The van der Waals surface area contributed by atoms with Gasteiger partial charge in [0.05, 0.1) is 11.4 Å². The van der Waals surface area contributed by atoms with Gasteiger partial charge in [0.15, 0.2) is 5.13 Å². The number of hydrogen-bond donors (Lipinski definition) is 2. The summed E-state index contributed by atoms with van der Waals surface area (Å²) in [5, 5.41) is 6.17. The topological polar surface area (TPSA) is 80.9 Å². The molecule has 0 unspecified atom stereocenters. The van der Waals surface area contributed by atoms with Crippen molar-refractivity contribution in [3.05, 3.63) is 57.9 Å². The minimum absolute atomic E-state index is 0.253. The zero-order valence-electron chi connectivity index (χ0n) is 15.8. The third kappa shape index (κ3) is 3.50. The largest absolute Gasteiger partial charge is 0.397 e. The van der Waals surface area contributed by atoms with Crippen LogP contribution < -0.4 is 11.1 Å². The molecule has 0 saturated carbocycles. The third-order valence-corrected chi connectivity index (χ3v) is 6.36. The normalized spacial score (nSPS) is 11.3. The Morgan fingerprint density at radius 3 is 2.57 bits per heavy atom. The summed E-state index contributed by atoms with van der Waals surface area (Å²) >= 11 is 2.71. The maximum Gasteiger partial charge on any atom is 0.269 e. The molecule has 5 nitrogen and oxygen atoms in total. The first-order chi connectivity index (χ1) is 13.4. The summed E-state index contributed by atoms with van der Waals surface area (Å²) in [4.78, 5) is 23.2. The Balaban J connectivity index is 1.58. The fraction of sp³-hybridized carbons (Fsp3) is 0.190. The Morgan fingerprint density at radius 1 is 1.11 bits per heavy atom. The molecule has 0 fully saturated rings. The number of amides is 1. The Morgan fingerprint density at radius 2 is 1.86 bits per heavy atom. The van der Waals surface area contributed by atoms with Crippen molar-refractivity contribution in [3.63, 3.8) is 0 Å². The smallest absolute Gasteiger partial charge is 0.269 e. The van der Waals surface area contributed by atoms with Crippen molar-refractivity contribution in [1.29, 1.82) is 0 Å². The molecule has 0 aliphatic rings. The Kier molecular flexibility index (Phi) is 4.87. The first-order valence-electron chi connectivity index (χ1n) is 8.95. The molecule has 4 rings (SSSR count). The predicted molar refractivity (Wildman–Crippen MR) is 118 cm³/mol. The molecule has 0 saturated heterocycles. The lowest BCUT2D eigenvalue weighted by atomic mass is 10.1. The first-order valence-corrected chi connectivity index (χ1v) is 10.6. The van der Waals surface area contributed by atoms with Gasteiger partial charge in [0.1, 0.15) is 9.71 Å². The number of pyridine rings is 1. The number of fused-ring (bicyclic) bond motifs is 1. The number of aryl methyl sites for hydroxylation is 1. The van der Waals surface area contributed by atoms with Crippen LogP contribution in [0.5, 0.6) is 0 Å². The van der Waals surface area contributed by atoms with E-state index in [2.05, 4.69) is 29.1 Å². The number of carbonyl (C=O) groups is 1. The summed E-state index contributed by atoms with van der Waals surface area (Å²) in [5.41, 5.74) is 10.7. The molecule has 7 heteroatoms. The number of nitrogens with two attached hydrogens (primary N) is 1. The average molecular weight is 409 g/mol. The number of carbonyl (C=O) groups excluding carboxylic acids is 1. The van der Waals surface area contributed by atoms with Gasteiger partial charge in [-0.25, -0.2) is 9.97 Å². The van der Waals surface area contributed by atoms with Crippen molar-refractivity contribution in [2.75, 3.05) is 11.1 Å². The average Bonchev–Trinajstić information content (AvgIpc) is 3.27. The van der Waals surface area contributed by atoms with Gasteiger partial charge in [0.2, 0.25) is 0 Å². The molecule has 3 aromatic heterocycles. The van der Waals surface area contributed by atoms with Gasteiger partial charge >= 0.3 is 0 Å². The number of nitrogens with one attached hydrogen (secondary N) is 1. The summed E-state index contributed by atoms with van der Waals surface area (Å²) in [6, 6.07) is 12.0. The quantitative estimate of drug-likeness (QED) is 0.455. The summed E-state index contributed by atoms with van der Waals surface area (Å²) < 4.78 is 0. The van der Waals surface area contributed by atoms with Crippen LogP contribution in [0.15, 0.2) is 41.8 Å². The standard InChI is InChI=1S/C21H20N4OS2/c1-11(2)15-9-8-14-17(22)18(28-20(14)23-15)19(26)25-21-24-16(10-27-21)13-6-4-12(3)5-7-13/h4-11H,22H2,1-3H3,(H,24,25,26). The van der Waals surface area contributed by atoms with Crippen molar-refractivity contribution in [2.45, 2.75) is 26.7 Å². The number of aromatic nitrogens is 2. The van der Waals surface area contributed by atoms with Gasteiger partial charge in [-0.3, -0.25) is 10.1 Å². The molecule has 0 bridgehead atoms. The molecule has 0 atom stereocenters. The molecular weight excluding hydrogens is 388 g/mol. The maximum atomic E-state index is 12.8. The second-order valence-corrected chi connectivity index (χ2v) is 8.80. The van der Waals surface area contributed by atoms with E-state index in [1.807, 2.05) is 48.7 Å². The summed E-state index contributed by atoms with van der Waals surface area (Å²) in [7, 11) is 0. The summed E-state index contributed by atoms with van der Waals surface area (Å²) in [5.74, 6) is 0.0666. The number of hydrogen-bond acceptors (Lipinski definition) is 6. The number of thiophene rings is 1. The lowest BCUT2D eigenvalue weighted by Crippen LogP contribution is -2.11. The van der Waals surface area contributed by atoms with E-state index in [9.17, 15) is 4.79 Å². The highest BCUT2D eigenvalue weighted by Gasteiger charge is 2.19. The lowest BCUT2D eigenvalue weighted by molar-refractivity contribution is 0.103. The van der Waals surface area contributed by atoms with E-state index in [4.69, 9.17) is 5.73 Å². The van der Waals surface area contributed by atoms with Crippen LogP contribution in [0.1, 0.15) is 40.7 Å². The van der Waals surface area contributed by atoms with Gasteiger partial charge in [-0.05, 0) is 25.0 Å². The number of benzene rings is 1. The number of anilines is 2. The monoisotopic (exact) mass is 408 g/mol. The van der Waals surface area contributed by atoms with E-state index in [1.54, 1.807) is 0 Å². The second-order valence-electron chi connectivity index (χ2n) is 6.95. The maximum absolute atomic E-state index is 12.8. The van der Waals surface area contributed by atoms with E-state index in [0.29, 0.717) is 21.6 Å². The Hall–Kier alpha value is -2.77. The number of nitrogen functional groups attached to an aromatic ring is 1. The SMILES string of the molecule is Cc1ccc(-c2csc(NC(=O)c3sc4nc(C(C)C)ccc4c3N)n2)cc1. The van der Waals surface area contributed by atoms with Gasteiger partial charge in [0, 0.05) is 22.0 Å². The minimum atomic E-state index is -0.253. The predicted octanol–water partition coefficient (Wildman–Crippen LogP) is 5.69. The number of thiazole rings is 1. The van der Waals surface area contributed by atoms with Crippen molar-refractivity contribution < 1.29 is 4.79 Å². The highest BCUT2D eigenvalue weighted by Crippen LogP contribution is 2.34. The van der Waals surface area contributed by atoms with Crippen molar-refractivity contribution in [3.8, 4) is 11.3 Å². The van der Waals surface area contributed by atoms with Crippen LogP contribution in [0.4, 0.5) is 10.8 Å². The van der Waals surface area contributed by atoms with Gasteiger partial charge in [-0.1, -0.05) is 43.7 Å². The van der Waals surface area contributed by atoms with Gasteiger partial charge in [-0.15, -0.1) is 22.7 Å². The van der Waals surface area contributed by atoms with Crippen LogP contribution in [0.3, 0.4) is 0 Å². The van der Waals surface area contributed by atoms with Gasteiger partial charge in [0.25, 0.3) is 5.91 Å². The van der Waals surface area contributed by atoms with E-state index in [1.165, 1.54) is 28.2 Å². The molecule has 0 aliphatic carbocycles. The fourth-order valence-corrected chi connectivity index (χ4v) is 4.55. The van der Waals surface area contributed by atoms with E-state index in [-0.39, 0.29) is 5.91 Å². The van der Waals surface area contributed by atoms with Crippen molar-refractivity contribution in [2.24, 2.45) is 0 Å². The van der Waals surface area contributed by atoms with E-state index < -0.39 is 0 Å². The highest BCUT2D eigenvalue weighted by atomic mass is 32.1. The lowest BCUT2D eigenvalue weighted by Gasteiger charge is -2.03. The zero-order chi connectivity index (χ0) is 19.8. The van der Waals surface area contributed by atoms with Crippen LogP contribution in [-0.2, 0) is 0 Å². The van der Waals surface area contributed by atoms with E-state index >= 15 is 0 Å². The van der Waals surface area contributed by atoms with Crippen molar-refractivity contribution >= 4 is 49.6 Å². The minimum Gasteiger partial charge on any atom is -0.397 e. The molecule has 1 aromatic carbocycles. The molecule has 0 spiro atoms. The van der Waals surface area contributed by atoms with Gasteiger partial charge < -0.3 is 5.73 Å². The van der Waals surface area contributed by atoms with Crippen LogP contribution in [0, 0.1) is 6.92 Å². The van der Waals surface area contributed by atoms with Crippen LogP contribution >= 0.6 is 22.7 Å². The number of nitrogens with zero attached hydrogens (tertiary/aromatic N) is 2. The molecule has 142 valence electrons. The summed E-state index contributed by atoms with van der Waals surface area (Å²) in [6.07, 6.45) is 0. The Labute approximate surface area is 171 Å². The Bertz CT molecular complexity index is 1160. The molecule has 1 amide bonds. The van der Waals surface area contributed by atoms with Crippen molar-refractivity contribution in [1.82, 2.24) is 9.97 Å². The highest BCUT2D eigenvalue weighted by molar-refractivity contribution is 7.21. The number of rotatable bonds is 4. The molecule has 3 N–H and O–H groups in total. The molecular formula is C21H20N4OS2. The molecule has 0 radical (unpaired) electrons. The van der Waals surface area contributed by atoms with Crippen LogP contribution in [0.2, 0.25) is 0 Å². The first kappa shape index (κ1) is 18.6. The third-order valence-electron chi connectivity index (χ3n) is 4.49. The fourth-order valence-electron chi connectivity index (χ4n) is 2.84. The summed E-state index contributed by atoms with van der Waals surface area (Å²) in [6.45, 7) is 6.23. The van der Waals surface area contributed by atoms with Crippen LogP contribution in [0.25, 0.3) is 21.5 Å². The van der Waals surface area contributed by atoms with Crippen LogP contribution in [-0.4, -0.2) is 15.9 Å². The zero-order valence-corrected chi connectivity index (χ0v) is 17.4. The molecule has 28 heavy (non-hydrogen) atoms. The molecule has 3 heterocycles. The molecule has 4 aromatic rings.